The molecule has 3 aromatic carbocycles. The average molecular weight is 470 g/mol. The lowest BCUT2D eigenvalue weighted by Crippen LogP contribution is -2.21. The zero-order valence-corrected chi connectivity index (χ0v) is 18.4. The van der Waals surface area contributed by atoms with Crippen LogP contribution >= 0.6 is 11.6 Å². The Hall–Kier alpha value is -3.91. The van der Waals surface area contributed by atoms with Crippen LogP contribution in [0, 0.1) is 5.82 Å². The topological polar surface area (TPSA) is 89.0 Å². The van der Waals surface area contributed by atoms with E-state index in [0.717, 1.165) is 0 Å². The van der Waals surface area contributed by atoms with Gasteiger partial charge in [0.1, 0.15) is 5.82 Å². The number of amides is 2. The van der Waals surface area contributed by atoms with Crippen LogP contribution in [-0.2, 0) is 4.79 Å². The van der Waals surface area contributed by atoms with Gasteiger partial charge in [0.15, 0.2) is 18.1 Å². The van der Waals surface area contributed by atoms with E-state index < -0.39 is 11.7 Å². The molecule has 0 aliphatic carbocycles. The number of para-hydroxylation sites is 1. The minimum absolute atomic E-state index is 0.0725. The summed E-state index contributed by atoms with van der Waals surface area (Å²) in [6.45, 7) is 1.84. The van der Waals surface area contributed by atoms with Crippen LogP contribution in [0.5, 0.6) is 11.5 Å². The summed E-state index contributed by atoms with van der Waals surface area (Å²) < 4.78 is 24.8. The minimum Gasteiger partial charge on any atom is -0.490 e. The smallest absolute Gasteiger partial charge is 0.271 e. The largest absolute Gasteiger partial charge is 0.490 e. The monoisotopic (exact) mass is 469 g/mol. The molecule has 0 bridgehead atoms. The first-order chi connectivity index (χ1) is 16.0. The number of anilines is 1. The van der Waals surface area contributed by atoms with Crippen LogP contribution in [0.4, 0.5) is 10.1 Å². The first-order valence-corrected chi connectivity index (χ1v) is 10.4. The number of carbonyl (C=O) groups excluding carboxylic acids is 2. The van der Waals surface area contributed by atoms with Crippen molar-refractivity contribution in [1.82, 2.24) is 5.43 Å². The van der Waals surface area contributed by atoms with E-state index >= 15 is 0 Å². The molecule has 0 fully saturated rings. The van der Waals surface area contributed by atoms with E-state index in [1.165, 1.54) is 24.4 Å². The molecule has 0 saturated heterocycles. The van der Waals surface area contributed by atoms with Crippen LogP contribution < -0.4 is 20.2 Å². The second-order valence-corrected chi connectivity index (χ2v) is 7.10. The van der Waals surface area contributed by atoms with Gasteiger partial charge in [0.2, 0.25) is 0 Å². The molecule has 9 heteroatoms. The SMILES string of the molecule is CCOc1cc(/C=N/NC(=O)c2ccc(Cl)cc2)ccc1OCC(=O)Nc1ccccc1F. The summed E-state index contributed by atoms with van der Waals surface area (Å²) in [5.74, 6) is -0.702. The predicted octanol–water partition coefficient (Wildman–Crippen LogP) is 4.66. The van der Waals surface area contributed by atoms with Gasteiger partial charge < -0.3 is 14.8 Å². The third-order valence-corrected chi connectivity index (χ3v) is 4.51. The molecule has 0 spiro atoms. The molecule has 3 aromatic rings. The normalized spacial score (nSPS) is 10.6. The fraction of sp³-hybridized carbons (Fsp3) is 0.125. The molecule has 0 saturated carbocycles. The van der Waals surface area contributed by atoms with Crippen LogP contribution in [0.3, 0.4) is 0 Å². The summed E-state index contributed by atoms with van der Waals surface area (Å²) >= 11 is 5.82. The highest BCUT2D eigenvalue weighted by atomic mass is 35.5. The van der Waals surface area contributed by atoms with Crippen LogP contribution in [0.15, 0.2) is 71.8 Å². The van der Waals surface area contributed by atoms with Crippen molar-refractivity contribution in [2.45, 2.75) is 6.92 Å². The Labute approximate surface area is 195 Å². The number of carbonyl (C=O) groups is 2. The summed E-state index contributed by atoms with van der Waals surface area (Å²) in [5, 5.41) is 6.93. The van der Waals surface area contributed by atoms with E-state index in [1.807, 2.05) is 6.92 Å². The second-order valence-electron chi connectivity index (χ2n) is 6.66. The number of hydrogen-bond donors (Lipinski definition) is 2. The van der Waals surface area contributed by atoms with Crippen molar-refractivity contribution in [3.8, 4) is 11.5 Å². The molecule has 3 rings (SSSR count). The molecule has 0 heterocycles. The fourth-order valence-corrected chi connectivity index (χ4v) is 2.84. The first kappa shape index (κ1) is 23.7. The Morgan fingerprint density at radius 3 is 2.52 bits per heavy atom. The van der Waals surface area contributed by atoms with Gasteiger partial charge in [-0.3, -0.25) is 9.59 Å². The number of rotatable bonds is 9. The van der Waals surface area contributed by atoms with Gasteiger partial charge in [-0.25, -0.2) is 9.82 Å². The average Bonchev–Trinajstić information content (AvgIpc) is 2.80. The standard InChI is InChI=1S/C24H21ClFN3O4/c1-2-32-22-13-16(14-27-29-24(31)17-8-10-18(25)11-9-17)7-12-21(22)33-15-23(30)28-20-6-4-3-5-19(20)26/h3-14H,2,15H2,1H3,(H,28,30)(H,29,31)/b27-14+. The van der Waals surface area contributed by atoms with Gasteiger partial charge in [-0.2, -0.15) is 5.10 Å². The lowest BCUT2D eigenvalue weighted by molar-refractivity contribution is -0.118. The summed E-state index contributed by atoms with van der Waals surface area (Å²) in [7, 11) is 0. The summed E-state index contributed by atoms with van der Waals surface area (Å²) in [4.78, 5) is 24.2. The van der Waals surface area contributed by atoms with E-state index in [1.54, 1.807) is 48.5 Å². The Morgan fingerprint density at radius 2 is 1.79 bits per heavy atom. The van der Waals surface area contributed by atoms with E-state index in [9.17, 15) is 14.0 Å². The maximum absolute atomic E-state index is 13.7. The first-order valence-electron chi connectivity index (χ1n) is 9.99. The van der Waals surface area contributed by atoms with Gasteiger partial charge in [0.25, 0.3) is 11.8 Å². The molecule has 0 radical (unpaired) electrons. The highest BCUT2D eigenvalue weighted by molar-refractivity contribution is 6.30. The Kier molecular flexibility index (Phi) is 8.37. The third-order valence-electron chi connectivity index (χ3n) is 4.26. The third kappa shape index (κ3) is 7.05. The van der Waals surface area contributed by atoms with Crippen LogP contribution in [0.25, 0.3) is 0 Å². The van der Waals surface area contributed by atoms with Crippen molar-refractivity contribution in [3.63, 3.8) is 0 Å². The summed E-state index contributed by atoms with van der Waals surface area (Å²) in [6, 6.07) is 17.2. The number of halogens is 2. The molecule has 0 atom stereocenters. The molecule has 2 amide bonds. The van der Waals surface area contributed by atoms with Crippen molar-refractivity contribution in [3.05, 3.63) is 88.7 Å². The van der Waals surface area contributed by atoms with Crippen molar-refractivity contribution in [2.75, 3.05) is 18.5 Å². The maximum Gasteiger partial charge on any atom is 0.271 e. The van der Waals surface area contributed by atoms with Gasteiger partial charge in [-0.05, 0) is 67.1 Å². The van der Waals surface area contributed by atoms with Gasteiger partial charge in [-0.15, -0.1) is 0 Å². The summed E-state index contributed by atoms with van der Waals surface area (Å²) in [6.07, 6.45) is 1.45. The minimum atomic E-state index is -0.535. The quantitative estimate of drug-likeness (QED) is 0.352. The molecular weight excluding hydrogens is 449 g/mol. The number of hydrogen-bond acceptors (Lipinski definition) is 5. The number of hydrazone groups is 1. The fourth-order valence-electron chi connectivity index (χ4n) is 2.72. The van der Waals surface area contributed by atoms with Crippen LogP contribution in [0.1, 0.15) is 22.8 Å². The second kappa shape index (κ2) is 11.6. The van der Waals surface area contributed by atoms with Gasteiger partial charge in [0.05, 0.1) is 18.5 Å². The Balaban J connectivity index is 1.60. The van der Waals surface area contributed by atoms with Crippen LogP contribution in [0.2, 0.25) is 5.02 Å². The Morgan fingerprint density at radius 1 is 1.03 bits per heavy atom. The molecule has 0 aliphatic heterocycles. The highest BCUT2D eigenvalue weighted by Gasteiger charge is 2.11. The van der Waals surface area contributed by atoms with Crippen LogP contribution in [-0.4, -0.2) is 31.2 Å². The Bertz CT molecular complexity index is 1150. The lowest BCUT2D eigenvalue weighted by Gasteiger charge is -2.13. The number of nitrogens with one attached hydrogen (secondary N) is 2. The van der Waals surface area contributed by atoms with E-state index in [4.69, 9.17) is 21.1 Å². The van der Waals surface area contributed by atoms with Crippen molar-refractivity contribution < 1.29 is 23.5 Å². The molecule has 170 valence electrons. The van der Waals surface area contributed by atoms with E-state index in [-0.39, 0.29) is 18.2 Å². The predicted molar refractivity (Wildman–Crippen MR) is 125 cm³/mol. The van der Waals surface area contributed by atoms with Gasteiger partial charge in [0, 0.05) is 10.6 Å². The lowest BCUT2D eigenvalue weighted by atomic mass is 10.2. The molecule has 7 nitrogen and oxygen atoms in total. The highest BCUT2D eigenvalue weighted by Crippen LogP contribution is 2.28. The number of benzene rings is 3. The zero-order chi connectivity index (χ0) is 23.6. The van der Waals surface area contributed by atoms with Gasteiger partial charge in [-0.1, -0.05) is 23.7 Å². The van der Waals surface area contributed by atoms with Crippen molar-refractivity contribution in [2.24, 2.45) is 5.10 Å². The molecular formula is C24H21ClFN3O4. The van der Waals surface area contributed by atoms with E-state index in [2.05, 4.69) is 15.8 Å². The van der Waals surface area contributed by atoms with Crippen molar-refractivity contribution >= 4 is 35.3 Å². The molecule has 0 aliphatic rings. The zero-order valence-electron chi connectivity index (χ0n) is 17.7. The molecule has 0 aromatic heterocycles. The number of nitrogens with zero attached hydrogens (tertiary/aromatic N) is 1. The maximum atomic E-state index is 13.7. The molecule has 0 unspecified atom stereocenters. The van der Waals surface area contributed by atoms with Gasteiger partial charge >= 0.3 is 0 Å². The molecule has 2 N–H and O–H groups in total. The van der Waals surface area contributed by atoms with E-state index in [0.29, 0.717) is 34.3 Å². The molecule has 33 heavy (non-hydrogen) atoms. The summed E-state index contributed by atoms with van der Waals surface area (Å²) in [5.41, 5.74) is 3.56. The van der Waals surface area contributed by atoms with Crippen molar-refractivity contribution in [1.29, 1.82) is 0 Å². The number of ether oxygens (including phenoxy) is 2.